The summed E-state index contributed by atoms with van der Waals surface area (Å²) in [6, 6.07) is 16.8. The summed E-state index contributed by atoms with van der Waals surface area (Å²) in [5, 5.41) is 10.3. The smallest absolute Gasteiger partial charge is 0.196 e. The van der Waals surface area contributed by atoms with Crippen molar-refractivity contribution in [1.29, 1.82) is 0 Å². The number of hydrogen-bond acceptors (Lipinski definition) is 10. The van der Waals surface area contributed by atoms with Gasteiger partial charge in [-0.1, -0.05) is 80.5 Å². The Labute approximate surface area is 416 Å². The first-order valence-corrected chi connectivity index (χ1v) is 22.1. The van der Waals surface area contributed by atoms with Gasteiger partial charge in [0.25, 0.3) is 0 Å². The Hall–Kier alpha value is -5.25. The Morgan fingerprint density at radius 1 is 0.446 bits per heavy atom. The van der Waals surface area contributed by atoms with Crippen molar-refractivity contribution in [2.24, 2.45) is 16.2 Å². The Kier molecular flexibility index (Phi) is 17.4. The number of allylic oxidation sites excluding steroid dienone is 15. The molecule has 342 valence electrons. The molecular formula is C54H63DyN7O3. The fraction of sp³-hybridized carbons (Fsp3) is 0.333. The zero-order chi connectivity index (χ0) is 46.1. The van der Waals surface area contributed by atoms with Crippen molar-refractivity contribution in [2.75, 3.05) is 39.3 Å². The van der Waals surface area contributed by atoms with Gasteiger partial charge in [0, 0.05) is 148 Å². The van der Waals surface area contributed by atoms with Crippen LogP contribution in [0.1, 0.15) is 79.4 Å². The molecule has 0 atom stereocenters. The maximum absolute atomic E-state index is 13.8. The van der Waals surface area contributed by atoms with Crippen LogP contribution in [0.3, 0.4) is 0 Å². The van der Waals surface area contributed by atoms with Crippen LogP contribution < -0.4 is 16.0 Å². The van der Waals surface area contributed by atoms with Gasteiger partial charge in [-0.3, -0.25) is 34.2 Å². The molecule has 0 amide bonds. The minimum absolute atomic E-state index is 0. The van der Waals surface area contributed by atoms with Crippen LogP contribution in [0, 0.1) is 54.4 Å². The monoisotopic (exact) mass is 1020 g/mol. The first-order chi connectivity index (χ1) is 30.4. The maximum Gasteiger partial charge on any atom is 0.196 e. The quantitative estimate of drug-likeness (QED) is 0.100. The zero-order valence-electron chi connectivity index (χ0n) is 39.2. The molecule has 3 heterocycles. The van der Waals surface area contributed by atoms with Gasteiger partial charge in [-0.2, -0.15) is 0 Å². The van der Waals surface area contributed by atoms with Gasteiger partial charge < -0.3 is 16.0 Å². The van der Waals surface area contributed by atoms with Crippen LogP contribution in [0.4, 0.5) is 0 Å². The molecule has 11 heteroatoms. The third-order valence-electron chi connectivity index (χ3n) is 11.3. The summed E-state index contributed by atoms with van der Waals surface area (Å²) in [4.78, 5) is 57.0. The Morgan fingerprint density at radius 3 is 0.954 bits per heavy atom. The number of Topliss-reactive ketones (excluding diaryl/α,β-unsaturated/α-hetero) is 3. The summed E-state index contributed by atoms with van der Waals surface area (Å²) >= 11 is 0. The number of rotatable bonds is 15. The van der Waals surface area contributed by atoms with Gasteiger partial charge in [0.15, 0.2) is 17.3 Å². The molecule has 0 unspecified atom stereocenters. The van der Waals surface area contributed by atoms with Gasteiger partial charge in [0.1, 0.15) is 0 Å². The van der Waals surface area contributed by atoms with Crippen LogP contribution >= 0.6 is 0 Å². The molecule has 65 heavy (non-hydrogen) atoms. The molecule has 3 N–H and O–H groups in total. The van der Waals surface area contributed by atoms with Crippen LogP contribution in [0.5, 0.6) is 0 Å². The van der Waals surface area contributed by atoms with Crippen molar-refractivity contribution in [1.82, 2.24) is 35.8 Å². The van der Waals surface area contributed by atoms with Gasteiger partial charge >= 0.3 is 0 Å². The molecule has 3 aliphatic carbocycles. The van der Waals surface area contributed by atoms with Gasteiger partial charge in [0.05, 0.1) is 17.1 Å². The Balaban J connectivity index is 0.00000793. The number of pyridine rings is 3. The van der Waals surface area contributed by atoms with Gasteiger partial charge in [0.2, 0.25) is 0 Å². The van der Waals surface area contributed by atoms with Crippen LogP contribution in [0.15, 0.2) is 162 Å². The molecule has 3 aliphatic rings. The summed E-state index contributed by atoms with van der Waals surface area (Å²) in [5.74, 6) is -0.224. The van der Waals surface area contributed by atoms with Crippen LogP contribution in [0.25, 0.3) is 16.7 Å². The van der Waals surface area contributed by atoms with E-state index in [1.165, 1.54) is 0 Å². The number of carbonyl (C=O) groups excluding carboxylic acids is 3. The van der Waals surface area contributed by atoms with Gasteiger partial charge in [-0.05, 0) is 106 Å². The van der Waals surface area contributed by atoms with Crippen molar-refractivity contribution in [3.63, 3.8) is 0 Å². The van der Waals surface area contributed by atoms with Crippen molar-refractivity contribution < 1.29 is 52.6 Å². The summed E-state index contributed by atoms with van der Waals surface area (Å²) in [6.07, 6.45) is 22.3. The normalized spacial score (nSPS) is 17.8. The molecule has 3 aromatic heterocycles. The van der Waals surface area contributed by atoms with Crippen molar-refractivity contribution >= 4 is 34.1 Å². The number of ketones is 3. The van der Waals surface area contributed by atoms with E-state index in [0.29, 0.717) is 89.8 Å². The Morgan fingerprint density at radius 2 is 0.723 bits per heavy atom. The second kappa shape index (κ2) is 22.3. The first kappa shape index (κ1) is 50.7. The standard InChI is InChI=1S/C54H63N7O3.Dy/c1-52(2,3)40-28-37(49(62)43(31-40)46-16-10-13-19-58-46)34-55-22-25-61(26-23-56-35-38-29-41(53(4,5)6)32-44(50(38)63)47-17-11-14-20-59-47)27-24-57-36-39-30-42(54(7,8)9)33-45(51(39)64)48-18-12-15-21-60-48;/h10-21,28-36,55-57H,22-27H2,1-9H3;. The zero-order valence-corrected chi connectivity index (χ0v) is 41.2. The van der Waals surface area contributed by atoms with E-state index in [4.69, 9.17) is 0 Å². The molecule has 0 radical (unpaired) electrons. The minimum atomic E-state index is -0.174. The third-order valence-corrected chi connectivity index (χ3v) is 11.3. The van der Waals surface area contributed by atoms with E-state index in [9.17, 15) is 14.4 Å². The average molecular weight is 1020 g/mol. The largest absolute Gasteiger partial charge is 0.389 e. The molecule has 0 fully saturated rings. The van der Waals surface area contributed by atoms with E-state index in [-0.39, 0.29) is 71.8 Å². The number of aromatic nitrogens is 3. The fourth-order valence-electron chi connectivity index (χ4n) is 7.26. The minimum Gasteiger partial charge on any atom is -0.389 e. The molecular weight excluding hydrogens is 957 g/mol. The van der Waals surface area contributed by atoms with E-state index < -0.39 is 0 Å². The molecule has 0 bridgehead atoms. The molecule has 3 aromatic rings. The number of hydrogen-bond donors (Lipinski definition) is 3. The molecule has 0 saturated carbocycles. The average Bonchev–Trinajstić information content (AvgIpc) is 3.26. The van der Waals surface area contributed by atoms with Crippen LogP contribution in [-0.2, 0) is 14.4 Å². The van der Waals surface area contributed by atoms with E-state index >= 15 is 0 Å². The predicted octanol–water partition coefficient (Wildman–Crippen LogP) is 8.81. The summed E-state index contributed by atoms with van der Waals surface area (Å²) in [7, 11) is 0. The summed E-state index contributed by atoms with van der Waals surface area (Å²) in [6.45, 7) is 22.9. The summed E-state index contributed by atoms with van der Waals surface area (Å²) in [5.41, 5.74) is 8.07. The second-order valence-electron chi connectivity index (χ2n) is 19.4. The van der Waals surface area contributed by atoms with E-state index in [0.717, 1.165) is 16.7 Å². The molecule has 0 aliphatic heterocycles. The predicted molar refractivity (Wildman–Crippen MR) is 259 cm³/mol. The third kappa shape index (κ3) is 13.6. The summed E-state index contributed by atoms with van der Waals surface area (Å²) < 4.78 is 0. The van der Waals surface area contributed by atoms with Gasteiger partial charge in [-0.15, -0.1) is 0 Å². The van der Waals surface area contributed by atoms with E-state index in [2.05, 4.69) is 98.1 Å². The molecule has 0 saturated heterocycles. The Bertz CT molecular complexity index is 2230. The number of nitrogens with one attached hydrogen (secondary N) is 3. The van der Waals surface area contributed by atoms with Crippen molar-refractivity contribution in [2.45, 2.75) is 62.3 Å². The topological polar surface area (TPSA) is 129 Å². The van der Waals surface area contributed by atoms with Crippen LogP contribution in [0.2, 0.25) is 0 Å². The van der Waals surface area contributed by atoms with Crippen LogP contribution in [-0.4, -0.2) is 76.5 Å². The second-order valence-corrected chi connectivity index (χ2v) is 19.4. The van der Waals surface area contributed by atoms with Crippen molar-refractivity contribution in [3.8, 4) is 0 Å². The van der Waals surface area contributed by atoms with Gasteiger partial charge in [-0.25, -0.2) is 0 Å². The first-order valence-electron chi connectivity index (χ1n) is 22.1. The number of carbonyl (C=O) groups is 3. The SMILES string of the molecule is CC(C)(C)C1=CC(=CNCCN(CCNC=C2C=C(C(C)(C)C)C=C(c3ccccn3)C2=O)CCNC=C2C=C(C(C)(C)C)C=C(c3ccccn3)C2=O)C(=O)C(c2ccccn2)=C1.[Dy]. The molecule has 0 spiro atoms. The van der Waals surface area contributed by atoms with Crippen molar-refractivity contribution in [3.05, 3.63) is 179 Å². The molecule has 0 aromatic carbocycles. The number of nitrogens with zero attached hydrogens (tertiary/aromatic N) is 4. The fourth-order valence-corrected chi connectivity index (χ4v) is 7.26. The maximum atomic E-state index is 13.8. The molecule has 10 nitrogen and oxygen atoms in total. The van der Waals surface area contributed by atoms with E-state index in [1.807, 2.05) is 110 Å². The molecule has 6 rings (SSSR count). The van der Waals surface area contributed by atoms with E-state index in [1.54, 1.807) is 18.6 Å².